The molecule has 0 aliphatic rings. The lowest BCUT2D eigenvalue weighted by molar-refractivity contribution is 0.0946. The van der Waals surface area contributed by atoms with Crippen molar-refractivity contribution in [2.24, 2.45) is 0 Å². The highest BCUT2D eigenvalue weighted by atomic mass is 19.1. The molecule has 0 atom stereocenters. The number of carbonyl (C=O) groups is 1. The maximum Gasteiger partial charge on any atom is 0.254 e. The molecule has 0 aliphatic carbocycles. The molecule has 1 heterocycles. The average molecular weight is 245 g/mol. The quantitative estimate of drug-likeness (QED) is 0.897. The summed E-state index contributed by atoms with van der Waals surface area (Å²) in [6.07, 6.45) is 2.98. The summed E-state index contributed by atoms with van der Waals surface area (Å²) >= 11 is 0. The first-order valence-corrected chi connectivity index (χ1v) is 5.46. The van der Waals surface area contributed by atoms with Crippen LogP contribution in [0.1, 0.15) is 21.6 Å². The average Bonchev–Trinajstić information content (AvgIpc) is 2.40. The van der Waals surface area contributed by atoms with Crippen LogP contribution in [0.2, 0.25) is 0 Å². The first-order chi connectivity index (χ1) is 8.68. The molecule has 0 radical (unpaired) electrons. The molecule has 0 fully saturated rings. The van der Waals surface area contributed by atoms with Crippen molar-refractivity contribution < 1.29 is 9.18 Å². The monoisotopic (exact) mass is 245 g/mol. The number of hydrogen-bond acceptors (Lipinski definition) is 3. The van der Waals surface area contributed by atoms with Gasteiger partial charge in [-0.3, -0.25) is 4.79 Å². The Morgan fingerprint density at radius 1 is 1.39 bits per heavy atom. The van der Waals surface area contributed by atoms with Crippen LogP contribution in [0.5, 0.6) is 0 Å². The highest BCUT2D eigenvalue weighted by molar-refractivity contribution is 5.94. The standard InChI is InChI=1S/C13H12FN3O/c1-9-3-2-4-11(12(9)14)13(18)16-7-10-5-6-15-8-17-10/h2-6,8H,7H2,1H3,(H,16,18). The molecule has 1 aromatic carbocycles. The minimum absolute atomic E-state index is 0.0454. The SMILES string of the molecule is Cc1cccc(C(=O)NCc2ccncn2)c1F. The largest absolute Gasteiger partial charge is 0.346 e. The number of amides is 1. The molecule has 0 spiro atoms. The van der Waals surface area contributed by atoms with Crippen LogP contribution in [-0.2, 0) is 6.54 Å². The molecule has 92 valence electrons. The maximum atomic E-state index is 13.7. The van der Waals surface area contributed by atoms with Crippen molar-refractivity contribution in [1.82, 2.24) is 15.3 Å². The minimum atomic E-state index is -0.488. The topological polar surface area (TPSA) is 54.9 Å². The summed E-state index contributed by atoms with van der Waals surface area (Å²) in [7, 11) is 0. The van der Waals surface area contributed by atoms with Crippen LogP contribution in [0, 0.1) is 12.7 Å². The summed E-state index contributed by atoms with van der Waals surface area (Å²) in [5.74, 6) is -0.938. The summed E-state index contributed by atoms with van der Waals surface area (Å²) in [5, 5.41) is 2.61. The van der Waals surface area contributed by atoms with E-state index in [1.165, 1.54) is 12.4 Å². The second-order valence-electron chi connectivity index (χ2n) is 3.82. The molecular formula is C13H12FN3O. The summed E-state index contributed by atoms with van der Waals surface area (Å²) in [6, 6.07) is 6.42. The smallest absolute Gasteiger partial charge is 0.254 e. The molecular weight excluding hydrogens is 233 g/mol. The second-order valence-corrected chi connectivity index (χ2v) is 3.82. The Hall–Kier alpha value is -2.30. The number of carbonyl (C=O) groups excluding carboxylic acids is 1. The first-order valence-electron chi connectivity index (χ1n) is 5.46. The number of nitrogens with one attached hydrogen (secondary N) is 1. The van der Waals surface area contributed by atoms with Gasteiger partial charge in [0, 0.05) is 6.20 Å². The van der Waals surface area contributed by atoms with Crippen molar-refractivity contribution in [2.75, 3.05) is 0 Å². The fraction of sp³-hybridized carbons (Fsp3) is 0.154. The fourth-order valence-electron chi connectivity index (χ4n) is 1.51. The van der Waals surface area contributed by atoms with E-state index in [0.717, 1.165) is 0 Å². The predicted molar refractivity (Wildman–Crippen MR) is 64.3 cm³/mol. The minimum Gasteiger partial charge on any atom is -0.346 e. The van der Waals surface area contributed by atoms with Crippen LogP contribution in [-0.4, -0.2) is 15.9 Å². The van der Waals surface area contributed by atoms with Gasteiger partial charge in [0.05, 0.1) is 17.8 Å². The number of benzene rings is 1. The zero-order valence-electron chi connectivity index (χ0n) is 9.85. The molecule has 2 rings (SSSR count). The molecule has 1 aromatic heterocycles. The lowest BCUT2D eigenvalue weighted by Crippen LogP contribution is -2.24. The van der Waals surface area contributed by atoms with E-state index in [1.54, 1.807) is 31.3 Å². The van der Waals surface area contributed by atoms with E-state index < -0.39 is 11.7 Å². The van der Waals surface area contributed by atoms with Crippen molar-refractivity contribution >= 4 is 5.91 Å². The zero-order valence-corrected chi connectivity index (χ0v) is 9.85. The second kappa shape index (κ2) is 5.35. The van der Waals surface area contributed by atoms with Crippen molar-refractivity contribution in [3.8, 4) is 0 Å². The van der Waals surface area contributed by atoms with Gasteiger partial charge in [-0.15, -0.1) is 0 Å². The zero-order chi connectivity index (χ0) is 13.0. The molecule has 1 N–H and O–H groups in total. The molecule has 0 unspecified atom stereocenters. The molecule has 18 heavy (non-hydrogen) atoms. The van der Waals surface area contributed by atoms with E-state index in [4.69, 9.17) is 0 Å². The Kier molecular flexibility index (Phi) is 3.62. The molecule has 1 amide bonds. The molecule has 5 heteroatoms. The van der Waals surface area contributed by atoms with Crippen molar-refractivity contribution in [2.45, 2.75) is 13.5 Å². The van der Waals surface area contributed by atoms with E-state index in [-0.39, 0.29) is 12.1 Å². The predicted octanol–water partition coefficient (Wildman–Crippen LogP) is 1.85. The number of rotatable bonds is 3. The number of nitrogens with zero attached hydrogens (tertiary/aromatic N) is 2. The van der Waals surface area contributed by atoms with Crippen molar-refractivity contribution in [3.05, 3.63) is 59.4 Å². The van der Waals surface area contributed by atoms with Crippen LogP contribution in [0.15, 0.2) is 36.8 Å². The van der Waals surface area contributed by atoms with Gasteiger partial charge in [0.2, 0.25) is 0 Å². The van der Waals surface area contributed by atoms with E-state index in [0.29, 0.717) is 11.3 Å². The maximum absolute atomic E-state index is 13.7. The third-order valence-corrected chi connectivity index (χ3v) is 2.51. The Morgan fingerprint density at radius 2 is 2.22 bits per heavy atom. The van der Waals surface area contributed by atoms with E-state index in [2.05, 4.69) is 15.3 Å². The normalized spacial score (nSPS) is 10.1. The number of aromatic nitrogens is 2. The lowest BCUT2D eigenvalue weighted by Gasteiger charge is -2.06. The van der Waals surface area contributed by atoms with Gasteiger partial charge in [0.1, 0.15) is 12.1 Å². The van der Waals surface area contributed by atoms with Crippen LogP contribution in [0.3, 0.4) is 0 Å². The van der Waals surface area contributed by atoms with Crippen LogP contribution in [0.25, 0.3) is 0 Å². The lowest BCUT2D eigenvalue weighted by atomic mass is 10.1. The number of halogens is 1. The summed E-state index contributed by atoms with van der Waals surface area (Å²) in [4.78, 5) is 19.5. The Morgan fingerprint density at radius 3 is 2.94 bits per heavy atom. The fourth-order valence-corrected chi connectivity index (χ4v) is 1.51. The Balaban J connectivity index is 2.07. The summed E-state index contributed by atoms with van der Waals surface area (Å²) in [5.41, 5.74) is 1.17. The highest BCUT2D eigenvalue weighted by Gasteiger charge is 2.12. The molecule has 0 saturated carbocycles. The molecule has 4 nitrogen and oxygen atoms in total. The third-order valence-electron chi connectivity index (χ3n) is 2.51. The summed E-state index contributed by atoms with van der Waals surface area (Å²) in [6.45, 7) is 1.87. The van der Waals surface area contributed by atoms with Gasteiger partial charge in [0.25, 0.3) is 5.91 Å². The third kappa shape index (κ3) is 2.68. The van der Waals surface area contributed by atoms with Gasteiger partial charge in [-0.25, -0.2) is 14.4 Å². The van der Waals surface area contributed by atoms with Crippen LogP contribution >= 0.6 is 0 Å². The van der Waals surface area contributed by atoms with Crippen LogP contribution in [0.4, 0.5) is 4.39 Å². The summed E-state index contributed by atoms with van der Waals surface area (Å²) < 4.78 is 13.7. The molecule has 0 aliphatic heterocycles. The van der Waals surface area contributed by atoms with Crippen LogP contribution < -0.4 is 5.32 Å². The van der Waals surface area contributed by atoms with E-state index in [1.807, 2.05) is 0 Å². The molecule has 2 aromatic rings. The van der Waals surface area contributed by atoms with Crippen molar-refractivity contribution in [1.29, 1.82) is 0 Å². The Bertz CT molecular complexity index is 557. The number of hydrogen-bond donors (Lipinski definition) is 1. The van der Waals surface area contributed by atoms with E-state index >= 15 is 0 Å². The van der Waals surface area contributed by atoms with Crippen molar-refractivity contribution in [3.63, 3.8) is 0 Å². The first kappa shape index (κ1) is 12.2. The molecule has 0 bridgehead atoms. The van der Waals surface area contributed by atoms with Gasteiger partial charge in [-0.2, -0.15) is 0 Å². The molecule has 0 saturated heterocycles. The van der Waals surface area contributed by atoms with Gasteiger partial charge in [0.15, 0.2) is 0 Å². The van der Waals surface area contributed by atoms with E-state index in [9.17, 15) is 9.18 Å². The van der Waals surface area contributed by atoms with Gasteiger partial charge in [-0.1, -0.05) is 12.1 Å². The van der Waals surface area contributed by atoms with Gasteiger partial charge < -0.3 is 5.32 Å². The van der Waals surface area contributed by atoms with Gasteiger partial charge >= 0.3 is 0 Å². The highest BCUT2D eigenvalue weighted by Crippen LogP contribution is 2.11. The number of aryl methyl sites for hydroxylation is 1. The van der Waals surface area contributed by atoms with Gasteiger partial charge in [-0.05, 0) is 24.6 Å². The Labute approximate surface area is 104 Å².